The Hall–Kier alpha value is -2.86. The maximum absolute atomic E-state index is 12.7. The van der Waals surface area contributed by atoms with Crippen LogP contribution >= 0.6 is 11.6 Å². The Balaban J connectivity index is 2.20. The molecule has 2 aromatic heterocycles. The molecule has 1 N–H and O–H groups in total. The lowest BCUT2D eigenvalue weighted by atomic mass is 10.1. The van der Waals surface area contributed by atoms with E-state index in [-0.39, 0.29) is 6.10 Å². The van der Waals surface area contributed by atoms with Crippen LogP contribution in [0.5, 0.6) is 5.75 Å². The quantitative estimate of drug-likeness (QED) is 0.593. The molecule has 0 aliphatic heterocycles. The number of aryl methyl sites for hydroxylation is 2. The average Bonchev–Trinajstić information content (AvgIpc) is 2.63. The number of anilines is 2. The summed E-state index contributed by atoms with van der Waals surface area (Å²) in [4.78, 5) is 21.5. The molecule has 3 aromatic rings. The molecule has 146 valence electrons. The molecule has 0 bridgehead atoms. The molecule has 7 heteroatoms. The minimum absolute atomic E-state index is 0.250. The van der Waals surface area contributed by atoms with Gasteiger partial charge in [0.25, 0.3) is 0 Å². The fourth-order valence-corrected chi connectivity index (χ4v) is 2.96. The molecule has 0 atom stereocenters. The number of carbonyl (C=O) groups is 1. The van der Waals surface area contributed by atoms with Crippen LogP contribution in [-0.2, 0) is 4.74 Å². The van der Waals surface area contributed by atoms with E-state index >= 15 is 0 Å². The number of nitrogens with one attached hydrogen (secondary N) is 1. The Morgan fingerprint density at radius 3 is 2.64 bits per heavy atom. The number of fused-ring (bicyclic) bond motifs is 1. The summed E-state index contributed by atoms with van der Waals surface area (Å²) >= 11 is 6.22. The third kappa shape index (κ3) is 4.02. The monoisotopic (exact) mass is 399 g/mol. The number of hydrogen-bond acceptors (Lipinski definition) is 6. The number of methoxy groups -OCH3 is 1. The molecular weight excluding hydrogens is 378 g/mol. The van der Waals surface area contributed by atoms with Gasteiger partial charge in [0.05, 0.1) is 24.6 Å². The zero-order chi connectivity index (χ0) is 20.4. The highest BCUT2D eigenvalue weighted by Gasteiger charge is 2.20. The molecule has 3 rings (SSSR count). The summed E-state index contributed by atoms with van der Waals surface area (Å²) in [7, 11) is 1.57. The van der Waals surface area contributed by atoms with Crippen molar-refractivity contribution in [3.05, 3.63) is 52.3 Å². The van der Waals surface area contributed by atoms with E-state index in [0.29, 0.717) is 38.7 Å². The lowest BCUT2D eigenvalue weighted by Crippen LogP contribution is -2.14. The zero-order valence-corrected chi connectivity index (χ0v) is 17.2. The van der Waals surface area contributed by atoms with Crippen LogP contribution in [0.15, 0.2) is 30.5 Å². The van der Waals surface area contributed by atoms with Crippen molar-refractivity contribution in [1.29, 1.82) is 0 Å². The van der Waals surface area contributed by atoms with E-state index in [1.165, 1.54) is 6.20 Å². The molecule has 0 radical (unpaired) electrons. The first-order valence-corrected chi connectivity index (χ1v) is 9.26. The summed E-state index contributed by atoms with van der Waals surface area (Å²) in [5.74, 6) is 0.0981. The number of rotatable bonds is 5. The maximum Gasteiger partial charge on any atom is 0.342 e. The third-order valence-electron chi connectivity index (χ3n) is 4.17. The average molecular weight is 400 g/mol. The molecule has 0 spiro atoms. The molecule has 2 heterocycles. The fraction of sp³-hybridized carbons (Fsp3) is 0.286. The summed E-state index contributed by atoms with van der Waals surface area (Å²) in [6.45, 7) is 7.39. The lowest BCUT2D eigenvalue weighted by Gasteiger charge is -2.18. The predicted octanol–water partition coefficient (Wildman–Crippen LogP) is 5.22. The number of esters is 1. The number of ether oxygens (including phenoxy) is 2. The van der Waals surface area contributed by atoms with Crippen molar-refractivity contribution in [1.82, 2.24) is 9.97 Å². The maximum atomic E-state index is 12.7. The Labute approximate surface area is 168 Å². The number of halogens is 1. The number of pyridine rings is 2. The number of nitrogens with zero attached hydrogens (tertiary/aromatic N) is 2. The Morgan fingerprint density at radius 1 is 1.21 bits per heavy atom. The van der Waals surface area contributed by atoms with E-state index in [1.54, 1.807) is 27.0 Å². The topological polar surface area (TPSA) is 73.3 Å². The van der Waals surface area contributed by atoms with E-state index < -0.39 is 5.97 Å². The predicted molar refractivity (Wildman–Crippen MR) is 111 cm³/mol. The summed E-state index contributed by atoms with van der Waals surface area (Å²) in [6.07, 6.45) is 1.23. The van der Waals surface area contributed by atoms with Gasteiger partial charge in [0.15, 0.2) is 5.65 Å². The number of aromatic nitrogens is 2. The van der Waals surface area contributed by atoms with Crippen LogP contribution in [-0.4, -0.2) is 29.2 Å². The second-order valence-corrected chi connectivity index (χ2v) is 7.16. The first-order chi connectivity index (χ1) is 13.3. The zero-order valence-electron chi connectivity index (χ0n) is 16.5. The molecule has 28 heavy (non-hydrogen) atoms. The molecule has 0 saturated heterocycles. The van der Waals surface area contributed by atoms with E-state index in [2.05, 4.69) is 15.3 Å². The summed E-state index contributed by atoms with van der Waals surface area (Å²) in [5, 5.41) is 4.62. The molecule has 0 saturated carbocycles. The first-order valence-electron chi connectivity index (χ1n) is 8.88. The van der Waals surface area contributed by atoms with Crippen molar-refractivity contribution in [2.75, 3.05) is 12.4 Å². The van der Waals surface area contributed by atoms with Gasteiger partial charge >= 0.3 is 5.97 Å². The SMILES string of the molecule is COc1cc(Cl)c(C)cc1Nc1c(C(=O)OC(C)C)cnc2nc(C)ccc12. The highest BCUT2D eigenvalue weighted by Crippen LogP contribution is 2.36. The van der Waals surface area contributed by atoms with Crippen molar-refractivity contribution in [2.24, 2.45) is 0 Å². The van der Waals surface area contributed by atoms with Crippen LogP contribution in [0.1, 0.15) is 35.5 Å². The molecular formula is C21H22ClN3O3. The first kappa shape index (κ1) is 19.9. The second-order valence-electron chi connectivity index (χ2n) is 6.75. The molecule has 0 fully saturated rings. The van der Waals surface area contributed by atoms with Gasteiger partial charge in [-0.15, -0.1) is 0 Å². The second kappa shape index (κ2) is 8.02. The number of carbonyl (C=O) groups excluding carboxylic acids is 1. The lowest BCUT2D eigenvalue weighted by molar-refractivity contribution is 0.0379. The van der Waals surface area contributed by atoms with Crippen LogP contribution in [0.2, 0.25) is 5.02 Å². The summed E-state index contributed by atoms with van der Waals surface area (Å²) in [5.41, 5.74) is 3.81. The van der Waals surface area contributed by atoms with E-state index in [4.69, 9.17) is 21.1 Å². The van der Waals surface area contributed by atoms with E-state index in [0.717, 1.165) is 11.3 Å². The van der Waals surface area contributed by atoms with Gasteiger partial charge in [-0.3, -0.25) is 0 Å². The summed E-state index contributed by atoms with van der Waals surface area (Å²) < 4.78 is 10.9. The van der Waals surface area contributed by atoms with Crippen LogP contribution in [0.3, 0.4) is 0 Å². The van der Waals surface area contributed by atoms with Crippen LogP contribution in [0.25, 0.3) is 11.0 Å². The van der Waals surface area contributed by atoms with Gasteiger partial charge < -0.3 is 14.8 Å². The van der Waals surface area contributed by atoms with Crippen LogP contribution in [0.4, 0.5) is 11.4 Å². The van der Waals surface area contributed by atoms with Gasteiger partial charge in [-0.25, -0.2) is 14.8 Å². The van der Waals surface area contributed by atoms with E-state index in [1.807, 2.05) is 32.0 Å². The van der Waals surface area contributed by atoms with E-state index in [9.17, 15) is 4.79 Å². The highest BCUT2D eigenvalue weighted by molar-refractivity contribution is 6.31. The van der Waals surface area contributed by atoms with Gasteiger partial charge in [-0.1, -0.05) is 11.6 Å². The highest BCUT2D eigenvalue weighted by atomic mass is 35.5. The van der Waals surface area contributed by atoms with Crippen molar-refractivity contribution >= 4 is 40.0 Å². The van der Waals surface area contributed by atoms with Crippen LogP contribution in [0, 0.1) is 13.8 Å². The molecule has 1 aromatic carbocycles. The van der Waals surface area contributed by atoms with Crippen LogP contribution < -0.4 is 10.1 Å². The van der Waals surface area contributed by atoms with Crippen molar-refractivity contribution in [2.45, 2.75) is 33.8 Å². The Morgan fingerprint density at radius 2 is 1.96 bits per heavy atom. The molecule has 0 aliphatic rings. The third-order valence-corrected chi connectivity index (χ3v) is 4.58. The van der Waals surface area contributed by atoms with Gasteiger partial charge in [-0.05, 0) is 51.5 Å². The van der Waals surface area contributed by atoms with Gasteiger partial charge in [0, 0.05) is 28.4 Å². The molecule has 0 amide bonds. The Bertz CT molecular complexity index is 1050. The number of hydrogen-bond donors (Lipinski definition) is 1. The molecule has 6 nitrogen and oxygen atoms in total. The normalized spacial score (nSPS) is 11.0. The standard InChI is InChI=1S/C21H22ClN3O3/c1-11(2)28-21(26)15-10-23-20-14(7-6-13(4)24-20)19(15)25-17-8-12(3)16(22)9-18(17)27-5/h6-11H,1-5H3,(H,23,24,25). The minimum atomic E-state index is -0.461. The van der Waals surface area contributed by atoms with Crippen molar-refractivity contribution in [3.8, 4) is 5.75 Å². The minimum Gasteiger partial charge on any atom is -0.495 e. The smallest absolute Gasteiger partial charge is 0.342 e. The molecule has 0 unspecified atom stereocenters. The van der Waals surface area contributed by atoms with Gasteiger partial charge in [0.2, 0.25) is 0 Å². The van der Waals surface area contributed by atoms with Gasteiger partial charge in [-0.2, -0.15) is 0 Å². The van der Waals surface area contributed by atoms with Gasteiger partial charge in [0.1, 0.15) is 11.3 Å². The fourth-order valence-electron chi connectivity index (χ4n) is 2.80. The number of benzene rings is 1. The van der Waals surface area contributed by atoms with Crippen molar-refractivity contribution in [3.63, 3.8) is 0 Å². The summed E-state index contributed by atoms with van der Waals surface area (Å²) in [6, 6.07) is 7.36. The Kier molecular flexibility index (Phi) is 5.70. The largest absolute Gasteiger partial charge is 0.495 e. The molecule has 0 aliphatic carbocycles. The van der Waals surface area contributed by atoms with Crippen molar-refractivity contribution < 1.29 is 14.3 Å².